The molecule has 5 nitrogen and oxygen atoms in total. The van der Waals surface area contributed by atoms with Crippen molar-refractivity contribution >= 4 is 23.2 Å². The molecule has 2 fully saturated rings. The SMILES string of the molecule is O=C(Nc1ccccc1F)c1ccc(N2CCN(C(=O)C3CC3)CC2)cc1. The number of carbonyl (C=O) groups excluding carboxylic acids is 2. The highest BCUT2D eigenvalue weighted by molar-refractivity contribution is 6.04. The number of hydrogen-bond acceptors (Lipinski definition) is 3. The van der Waals surface area contributed by atoms with Gasteiger partial charge in [0.25, 0.3) is 5.91 Å². The average Bonchev–Trinajstić information content (AvgIpc) is 3.55. The van der Waals surface area contributed by atoms with Gasteiger partial charge in [-0.3, -0.25) is 9.59 Å². The van der Waals surface area contributed by atoms with Crippen LogP contribution >= 0.6 is 0 Å². The smallest absolute Gasteiger partial charge is 0.255 e. The molecule has 2 amide bonds. The molecule has 2 aromatic carbocycles. The minimum atomic E-state index is -0.457. The zero-order chi connectivity index (χ0) is 18.8. The van der Waals surface area contributed by atoms with Gasteiger partial charge in [-0.15, -0.1) is 0 Å². The monoisotopic (exact) mass is 367 g/mol. The molecule has 0 radical (unpaired) electrons. The first-order chi connectivity index (χ1) is 13.1. The number of nitrogens with one attached hydrogen (secondary N) is 1. The highest BCUT2D eigenvalue weighted by atomic mass is 19.1. The van der Waals surface area contributed by atoms with Crippen LogP contribution in [0.25, 0.3) is 0 Å². The van der Waals surface area contributed by atoms with Crippen molar-refractivity contribution in [1.29, 1.82) is 0 Å². The summed E-state index contributed by atoms with van der Waals surface area (Å²) in [6.45, 7) is 3.06. The van der Waals surface area contributed by atoms with Gasteiger partial charge in [-0.05, 0) is 49.2 Å². The Morgan fingerprint density at radius 2 is 1.59 bits per heavy atom. The molecule has 0 bridgehead atoms. The quantitative estimate of drug-likeness (QED) is 0.903. The van der Waals surface area contributed by atoms with Crippen molar-refractivity contribution in [3.05, 3.63) is 59.9 Å². The van der Waals surface area contributed by atoms with E-state index in [0.29, 0.717) is 11.5 Å². The van der Waals surface area contributed by atoms with E-state index in [-0.39, 0.29) is 17.5 Å². The summed E-state index contributed by atoms with van der Waals surface area (Å²) < 4.78 is 13.7. The first-order valence-electron chi connectivity index (χ1n) is 9.31. The lowest BCUT2D eigenvalue weighted by Crippen LogP contribution is -2.49. The van der Waals surface area contributed by atoms with Gasteiger partial charge in [0.2, 0.25) is 5.91 Å². The first kappa shape index (κ1) is 17.5. The highest BCUT2D eigenvalue weighted by Gasteiger charge is 2.34. The second-order valence-electron chi connectivity index (χ2n) is 7.07. The van der Waals surface area contributed by atoms with E-state index in [2.05, 4.69) is 10.2 Å². The number of para-hydroxylation sites is 1. The summed E-state index contributed by atoms with van der Waals surface area (Å²) in [7, 11) is 0. The number of hydrogen-bond donors (Lipinski definition) is 1. The molecule has 2 aromatic rings. The summed E-state index contributed by atoms with van der Waals surface area (Å²) in [6.07, 6.45) is 2.07. The maximum atomic E-state index is 13.7. The Hall–Kier alpha value is -2.89. The van der Waals surface area contributed by atoms with Crippen molar-refractivity contribution in [2.24, 2.45) is 5.92 Å². The molecule has 140 valence electrons. The Morgan fingerprint density at radius 1 is 0.926 bits per heavy atom. The fraction of sp³-hybridized carbons (Fsp3) is 0.333. The molecule has 4 rings (SSSR count). The number of halogens is 1. The zero-order valence-electron chi connectivity index (χ0n) is 15.0. The lowest BCUT2D eigenvalue weighted by molar-refractivity contribution is -0.132. The highest BCUT2D eigenvalue weighted by Crippen LogP contribution is 2.31. The first-order valence-corrected chi connectivity index (χ1v) is 9.31. The second-order valence-corrected chi connectivity index (χ2v) is 7.07. The molecule has 1 saturated carbocycles. The van der Waals surface area contributed by atoms with E-state index in [0.717, 1.165) is 44.7 Å². The standard InChI is InChI=1S/C21H22FN3O2/c22-18-3-1-2-4-19(18)23-20(26)15-7-9-17(10-8-15)24-11-13-25(14-12-24)21(27)16-5-6-16/h1-4,7-10,16H,5-6,11-14H2,(H,23,26). The van der Waals surface area contributed by atoms with Crippen molar-refractivity contribution in [1.82, 2.24) is 4.90 Å². The molecule has 6 heteroatoms. The lowest BCUT2D eigenvalue weighted by Gasteiger charge is -2.36. The van der Waals surface area contributed by atoms with Crippen LogP contribution in [-0.2, 0) is 4.79 Å². The Balaban J connectivity index is 1.35. The number of anilines is 2. The summed E-state index contributed by atoms with van der Waals surface area (Å²) >= 11 is 0. The fourth-order valence-corrected chi connectivity index (χ4v) is 3.35. The molecule has 0 aromatic heterocycles. The van der Waals surface area contributed by atoms with Crippen LogP contribution in [0.2, 0.25) is 0 Å². The molecule has 1 N–H and O–H groups in total. The summed E-state index contributed by atoms with van der Waals surface area (Å²) in [5.74, 6) is -0.230. The summed E-state index contributed by atoms with van der Waals surface area (Å²) in [5.41, 5.74) is 1.67. The van der Waals surface area contributed by atoms with Gasteiger partial charge in [0.15, 0.2) is 0 Å². The molecular formula is C21H22FN3O2. The average molecular weight is 367 g/mol. The van der Waals surface area contributed by atoms with E-state index in [1.165, 1.54) is 12.1 Å². The molecule has 1 saturated heterocycles. The van der Waals surface area contributed by atoms with Crippen molar-refractivity contribution in [3.8, 4) is 0 Å². The van der Waals surface area contributed by atoms with Crippen LogP contribution in [0.3, 0.4) is 0 Å². The van der Waals surface area contributed by atoms with Crippen LogP contribution in [0.15, 0.2) is 48.5 Å². The minimum absolute atomic E-state index is 0.169. The van der Waals surface area contributed by atoms with Gasteiger partial charge in [0, 0.05) is 43.3 Å². The van der Waals surface area contributed by atoms with Crippen LogP contribution < -0.4 is 10.2 Å². The van der Waals surface area contributed by atoms with E-state index in [9.17, 15) is 14.0 Å². The van der Waals surface area contributed by atoms with Crippen LogP contribution in [-0.4, -0.2) is 42.9 Å². The topological polar surface area (TPSA) is 52.7 Å². The second kappa shape index (κ2) is 7.39. The third kappa shape index (κ3) is 3.94. The van der Waals surface area contributed by atoms with Crippen LogP contribution in [0, 0.1) is 11.7 Å². The molecule has 27 heavy (non-hydrogen) atoms. The molecule has 1 aliphatic heterocycles. The van der Waals surface area contributed by atoms with Gasteiger partial charge >= 0.3 is 0 Å². The van der Waals surface area contributed by atoms with Crippen molar-refractivity contribution < 1.29 is 14.0 Å². The Bertz CT molecular complexity index is 841. The maximum absolute atomic E-state index is 13.7. The summed E-state index contributed by atoms with van der Waals surface area (Å²) in [6, 6.07) is 13.4. The van der Waals surface area contributed by atoms with Crippen molar-refractivity contribution in [3.63, 3.8) is 0 Å². The maximum Gasteiger partial charge on any atom is 0.255 e. The Kier molecular flexibility index (Phi) is 4.79. The number of nitrogens with zero attached hydrogens (tertiary/aromatic N) is 2. The fourth-order valence-electron chi connectivity index (χ4n) is 3.35. The molecule has 0 unspecified atom stereocenters. The molecular weight excluding hydrogens is 345 g/mol. The molecule has 0 atom stereocenters. The largest absolute Gasteiger partial charge is 0.368 e. The van der Waals surface area contributed by atoms with Gasteiger partial charge < -0.3 is 15.1 Å². The molecule has 1 heterocycles. The van der Waals surface area contributed by atoms with Gasteiger partial charge in [0.1, 0.15) is 5.82 Å². The van der Waals surface area contributed by atoms with Crippen LogP contribution in [0.1, 0.15) is 23.2 Å². The number of amides is 2. The van der Waals surface area contributed by atoms with E-state index in [1.54, 1.807) is 24.3 Å². The van der Waals surface area contributed by atoms with E-state index in [1.807, 2.05) is 17.0 Å². The number of rotatable bonds is 4. The zero-order valence-corrected chi connectivity index (χ0v) is 15.0. The summed E-state index contributed by atoms with van der Waals surface area (Å²) in [4.78, 5) is 28.6. The van der Waals surface area contributed by atoms with E-state index < -0.39 is 5.82 Å². The van der Waals surface area contributed by atoms with Gasteiger partial charge in [0.05, 0.1) is 5.69 Å². The Morgan fingerprint density at radius 3 is 2.22 bits per heavy atom. The van der Waals surface area contributed by atoms with Crippen molar-refractivity contribution in [2.45, 2.75) is 12.8 Å². The molecule has 1 aliphatic carbocycles. The van der Waals surface area contributed by atoms with Gasteiger partial charge in [-0.25, -0.2) is 4.39 Å². The number of piperazine rings is 1. The van der Waals surface area contributed by atoms with Gasteiger partial charge in [-0.2, -0.15) is 0 Å². The lowest BCUT2D eigenvalue weighted by atomic mass is 10.1. The minimum Gasteiger partial charge on any atom is -0.368 e. The Labute approximate surface area is 157 Å². The van der Waals surface area contributed by atoms with Gasteiger partial charge in [-0.1, -0.05) is 12.1 Å². The predicted molar refractivity (Wildman–Crippen MR) is 102 cm³/mol. The molecule has 0 spiro atoms. The van der Waals surface area contributed by atoms with Crippen LogP contribution in [0.5, 0.6) is 0 Å². The van der Waals surface area contributed by atoms with E-state index >= 15 is 0 Å². The van der Waals surface area contributed by atoms with E-state index in [4.69, 9.17) is 0 Å². The molecule has 2 aliphatic rings. The third-order valence-electron chi connectivity index (χ3n) is 5.13. The number of carbonyl (C=O) groups is 2. The predicted octanol–water partition coefficient (Wildman–Crippen LogP) is 3.14. The summed E-state index contributed by atoms with van der Waals surface area (Å²) in [5, 5.41) is 2.59. The third-order valence-corrected chi connectivity index (χ3v) is 5.13. The normalized spacial score (nSPS) is 16.9. The van der Waals surface area contributed by atoms with Crippen molar-refractivity contribution in [2.75, 3.05) is 36.4 Å². The number of benzene rings is 2. The van der Waals surface area contributed by atoms with Crippen LogP contribution in [0.4, 0.5) is 15.8 Å².